The van der Waals surface area contributed by atoms with E-state index in [9.17, 15) is 4.79 Å². The van der Waals surface area contributed by atoms with Crippen LogP contribution < -0.4 is 0 Å². The molecule has 2 heterocycles. The molecule has 1 aromatic heterocycles. The Hall–Kier alpha value is -1.49. The van der Waals surface area contributed by atoms with Crippen LogP contribution in [0.25, 0.3) is 0 Å². The Morgan fingerprint density at radius 2 is 1.94 bits per heavy atom. The molecule has 1 amide bonds. The minimum atomic E-state index is -0.0699. The highest BCUT2D eigenvalue weighted by Crippen LogP contribution is 2.13. The zero-order valence-electron chi connectivity index (χ0n) is 10.4. The van der Waals surface area contributed by atoms with E-state index in [0.717, 1.165) is 5.69 Å². The summed E-state index contributed by atoms with van der Waals surface area (Å²) >= 11 is 0. The standard InChI is InChI=1S/C12H17N3O2/c1-8-4-14-11(5-13-8)12(16)15-6-9(2)17-10(3)7-15/h4-5,9-10H,6-7H2,1-3H3/t9-,10-/m0/s1. The zero-order chi connectivity index (χ0) is 12.4. The second-order valence-electron chi connectivity index (χ2n) is 4.51. The van der Waals surface area contributed by atoms with Gasteiger partial charge in [-0.2, -0.15) is 0 Å². The lowest BCUT2D eigenvalue weighted by atomic mass is 10.2. The summed E-state index contributed by atoms with van der Waals surface area (Å²) in [5, 5.41) is 0. The number of hydrogen-bond acceptors (Lipinski definition) is 4. The van der Waals surface area contributed by atoms with Gasteiger partial charge in [0.1, 0.15) is 5.69 Å². The van der Waals surface area contributed by atoms with Crippen molar-refractivity contribution < 1.29 is 9.53 Å². The van der Waals surface area contributed by atoms with Crippen molar-refractivity contribution in [1.82, 2.24) is 14.9 Å². The Bertz CT molecular complexity index is 395. The topological polar surface area (TPSA) is 55.3 Å². The molecule has 1 aromatic rings. The van der Waals surface area contributed by atoms with Crippen molar-refractivity contribution >= 4 is 5.91 Å². The van der Waals surface area contributed by atoms with Crippen LogP contribution in [0, 0.1) is 6.92 Å². The number of aromatic nitrogens is 2. The summed E-state index contributed by atoms with van der Waals surface area (Å²) in [4.78, 5) is 22.1. The van der Waals surface area contributed by atoms with E-state index in [-0.39, 0.29) is 18.1 Å². The van der Waals surface area contributed by atoms with E-state index in [1.54, 1.807) is 11.1 Å². The first kappa shape index (κ1) is 12.0. The lowest BCUT2D eigenvalue weighted by Crippen LogP contribution is -2.48. The maximum Gasteiger partial charge on any atom is 0.274 e. The van der Waals surface area contributed by atoms with Gasteiger partial charge >= 0.3 is 0 Å². The number of ether oxygens (including phenoxy) is 1. The molecule has 0 unspecified atom stereocenters. The van der Waals surface area contributed by atoms with E-state index in [1.165, 1.54) is 6.20 Å². The van der Waals surface area contributed by atoms with E-state index in [0.29, 0.717) is 18.8 Å². The van der Waals surface area contributed by atoms with Crippen molar-refractivity contribution in [3.05, 3.63) is 23.8 Å². The molecule has 2 rings (SSSR count). The summed E-state index contributed by atoms with van der Waals surface area (Å²) in [6, 6.07) is 0. The Balaban J connectivity index is 2.11. The molecule has 17 heavy (non-hydrogen) atoms. The maximum atomic E-state index is 12.2. The Kier molecular flexibility index (Phi) is 3.38. The highest BCUT2D eigenvalue weighted by Gasteiger charge is 2.27. The monoisotopic (exact) mass is 235 g/mol. The van der Waals surface area contributed by atoms with Crippen molar-refractivity contribution in [2.75, 3.05) is 13.1 Å². The Morgan fingerprint density at radius 3 is 2.47 bits per heavy atom. The number of carbonyl (C=O) groups is 1. The Labute approximate surface area is 101 Å². The zero-order valence-corrected chi connectivity index (χ0v) is 10.4. The van der Waals surface area contributed by atoms with Gasteiger partial charge in [-0.3, -0.25) is 9.78 Å². The summed E-state index contributed by atoms with van der Waals surface area (Å²) in [6.45, 7) is 7.01. The van der Waals surface area contributed by atoms with Crippen LogP contribution in [-0.2, 0) is 4.74 Å². The summed E-state index contributed by atoms with van der Waals surface area (Å²) in [6.07, 6.45) is 3.28. The normalized spacial score (nSPS) is 24.8. The summed E-state index contributed by atoms with van der Waals surface area (Å²) in [5.74, 6) is -0.0699. The minimum Gasteiger partial charge on any atom is -0.372 e. The molecule has 5 nitrogen and oxygen atoms in total. The second kappa shape index (κ2) is 4.79. The maximum absolute atomic E-state index is 12.2. The molecule has 0 aliphatic carbocycles. The average Bonchev–Trinajstić information content (AvgIpc) is 2.28. The van der Waals surface area contributed by atoms with Gasteiger partial charge in [0.25, 0.3) is 5.91 Å². The molecule has 1 aliphatic heterocycles. The predicted molar refractivity (Wildman–Crippen MR) is 62.7 cm³/mol. The molecule has 92 valence electrons. The van der Waals surface area contributed by atoms with E-state index in [2.05, 4.69) is 9.97 Å². The molecule has 5 heteroatoms. The van der Waals surface area contributed by atoms with Gasteiger partial charge in [0.2, 0.25) is 0 Å². The Morgan fingerprint density at radius 1 is 1.29 bits per heavy atom. The fourth-order valence-corrected chi connectivity index (χ4v) is 2.01. The van der Waals surface area contributed by atoms with Gasteiger partial charge in [-0.15, -0.1) is 0 Å². The van der Waals surface area contributed by atoms with Crippen molar-refractivity contribution in [3.63, 3.8) is 0 Å². The van der Waals surface area contributed by atoms with Crippen LogP contribution in [0.1, 0.15) is 30.0 Å². The number of amides is 1. The summed E-state index contributed by atoms with van der Waals surface area (Å²) < 4.78 is 5.59. The number of rotatable bonds is 1. The van der Waals surface area contributed by atoms with Gasteiger partial charge in [-0.05, 0) is 20.8 Å². The van der Waals surface area contributed by atoms with Gasteiger partial charge in [-0.1, -0.05) is 0 Å². The third kappa shape index (κ3) is 2.79. The van der Waals surface area contributed by atoms with E-state index in [4.69, 9.17) is 4.74 Å². The molecule has 0 radical (unpaired) electrons. The molecule has 0 aromatic carbocycles. The van der Waals surface area contributed by atoms with Crippen molar-refractivity contribution in [2.45, 2.75) is 33.0 Å². The lowest BCUT2D eigenvalue weighted by molar-refractivity contribution is -0.0587. The number of carbonyl (C=O) groups excluding carboxylic acids is 1. The number of aryl methyl sites for hydroxylation is 1. The third-order valence-corrected chi connectivity index (χ3v) is 2.71. The van der Waals surface area contributed by atoms with Gasteiger partial charge < -0.3 is 9.64 Å². The highest BCUT2D eigenvalue weighted by atomic mass is 16.5. The molecular weight excluding hydrogens is 218 g/mol. The molecule has 2 atom stereocenters. The van der Waals surface area contributed by atoms with Crippen LogP contribution in [0.3, 0.4) is 0 Å². The van der Waals surface area contributed by atoms with Crippen molar-refractivity contribution in [3.8, 4) is 0 Å². The predicted octanol–water partition coefficient (Wildman–Crippen LogP) is 1.03. The van der Waals surface area contributed by atoms with Gasteiger partial charge in [0, 0.05) is 19.3 Å². The summed E-state index contributed by atoms with van der Waals surface area (Å²) in [7, 11) is 0. The molecule has 0 saturated carbocycles. The van der Waals surface area contributed by atoms with Gasteiger partial charge in [-0.25, -0.2) is 4.98 Å². The van der Waals surface area contributed by atoms with Crippen molar-refractivity contribution in [2.24, 2.45) is 0 Å². The molecular formula is C12H17N3O2. The van der Waals surface area contributed by atoms with E-state index >= 15 is 0 Å². The molecule has 0 bridgehead atoms. The molecule has 0 spiro atoms. The smallest absolute Gasteiger partial charge is 0.274 e. The first-order chi connectivity index (χ1) is 8.06. The van der Waals surface area contributed by atoms with Crippen LogP contribution >= 0.6 is 0 Å². The molecule has 0 N–H and O–H groups in total. The fraction of sp³-hybridized carbons (Fsp3) is 0.583. The average molecular weight is 235 g/mol. The van der Waals surface area contributed by atoms with Crippen molar-refractivity contribution in [1.29, 1.82) is 0 Å². The number of nitrogens with zero attached hydrogens (tertiary/aromatic N) is 3. The quantitative estimate of drug-likeness (QED) is 0.729. The first-order valence-electron chi connectivity index (χ1n) is 5.79. The fourth-order valence-electron chi connectivity index (χ4n) is 2.01. The SMILES string of the molecule is Cc1cnc(C(=O)N2C[C@H](C)O[C@@H](C)C2)cn1. The van der Waals surface area contributed by atoms with E-state index in [1.807, 2.05) is 20.8 Å². The van der Waals surface area contributed by atoms with Gasteiger partial charge in [0.05, 0.1) is 24.1 Å². The molecule has 1 aliphatic rings. The highest BCUT2D eigenvalue weighted by molar-refractivity contribution is 5.92. The largest absolute Gasteiger partial charge is 0.372 e. The second-order valence-corrected chi connectivity index (χ2v) is 4.51. The third-order valence-electron chi connectivity index (χ3n) is 2.71. The van der Waals surface area contributed by atoms with Crippen LogP contribution in [0.5, 0.6) is 0 Å². The minimum absolute atomic E-state index is 0.0699. The first-order valence-corrected chi connectivity index (χ1v) is 5.79. The van der Waals surface area contributed by atoms with Crippen LogP contribution in [0.2, 0.25) is 0 Å². The van der Waals surface area contributed by atoms with E-state index < -0.39 is 0 Å². The van der Waals surface area contributed by atoms with Gasteiger partial charge in [0.15, 0.2) is 0 Å². The molecule has 1 fully saturated rings. The number of morpholine rings is 1. The van der Waals surface area contributed by atoms with Crippen LogP contribution in [0.15, 0.2) is 12.4 Å². The number of hydrogen-bond donors (Lipinski definition) is 0. The molecule has 1 saturated heterocycles. The van der Waals surface area contributed by atoms with Crippen LogP contribution in [0.4, 0.5) is 0 Å². The van der Waals surface area contributed by atoms with Crippen LogP contribution in [-0.4, -0.2) is 46.1 Å². The lowest BCUT2D eigenvalue weighted by Gasteiger charge is -2.35. The summed E-state index contributed by atoms with van der Waals surface area (Å²) in [5.41, 5.74) is 1.21.